The summed E-state index contributed by atoms with van der Waals surface area (Å²) in [6, 6.07) is 1.77. The number of nitrogen functional groups attached to an aromatic ring is 1. The Balaban J connectivity index is 2.07. The number of carbonyl (C=O) groups is 1. The quantitative estimate of drug-likeness (QED) is 0.329. The summed E-state index contributed by atoms with van der Waals surface area (Å²) in [5.41, 5.74) is 4.78. The van der Waals surface area contributed by atoms with Crippen LogP contribution in [0.25, 0.3) is 11.0 Å². The van der Waals surface area contributed by atoms with Crippen LogP contribution in [0.3, 0.4) is 0 Å². The van der Waals surface area contributed by atoms with Crippen LogP contribution in [-0.4, -0.2) is 47.6 Å². The van der Waals surface area contributed by atoms with Crippen LogP contribution in [0.5, 0.6) is 0 Å². The molecule has 1 aliphatic heterocycles. The van der Waals surface area contributed by atoms with Gasteiger partial charge in [0.1, 0.15) is 23.8 Å². The highest BCUT2D eigenvalue weighted by Crippen LogP contribution is 2.45. The van der Waals surface area contributed by atoms with Gasteiger partial charge in [-0.1, -0.05) is 26.7 Å². The smallest absolute Gasteiger partial charge is 0.353 e. The molecule has 10 heteroatoms. The van der Waals surface area contributed by atoms with Crippen molar-refractivity contribution in [2.45, 2.75) is 63.3 Å². The summed E-state index contributed by atoms with van der Waals surface area (Å²) in [5, 5.41) is 0.556. The number of hydrogen-bond acceptors (Lipinski definition) is 7. The molecule has 2 N–H and O–H groups in total. The van der Waals surface area contributed by atoms with Crippen molar-refractivity contribution in [2.24, 2.45) is 0 Å². The van der Waals surface area contributed by atoms with Gasteiger partial charge in [-0.25, -0.2) is 9.78 Å². The number of terminal acetylenes is 1. The number of esters is 1. The molecule has 0 saturated carbocycles. The first kappa shape index (κ1) is 22.6. The van der Waals surface area contributed by atoms with Crippen LogP contribution in [0.4, 0.5) is 5.82 Å². The van der Waals surface area contributed by atoms with Crippen LogP contribution in [0.2, 0.25) is 23.4 Å². The molecule has 3 heterocycles. The Morgan fingerprint density at radius 3 is 2.70 bits per heavy atom. The molecule has 2 aromatic rings. The highest BCUT2D eigenvalue weighted by molar-refractivity contribution is 6.74. The number of rotatable bonds is 4. The maximum Gasteiger partial charge on any atom is 0.353 e. The third-order valence-corrected chi connectivity index (χ3v) is 10.7. The summed E-state index contributed by atoms with van der Waals surface area (Å²) >= 11 is 6.00. The molecule has 3 rings (SSSR count). The van der Waals surface area contributed by atoms with Crippen LogP contribution in [0.15, 0.2) is 12.3 Å². The van der Waals surface area contributed by atoms with Gasteiger partial charge in [-0.2, -0.15) is 4.98 Å². The van der Waals surface area contributed by atoms with Crippen LogP contribution in [-0.2, 0) is 18.7 Å². The number of nitrogens with two attached hydrogens (primary N) is 1. The standard InChI is InChI=1S/C20H27ClN4O4Si/c1-8-20(17(26)27-5)13(29-30(6,7)19(2,3)4)11-14(28-20)25-10-9-12-15(22)23-18(21)24-16(12)25/h1,9-10,13-14H,11H2,2-7H3,(H2,22,23,24)/t13-,14-,20-/m1/s1. The fourth-order valence-electron chi connectivity index (χ4n) is 3.30. The summed E-state index contributed by atoms with van der Waals surface area (Å²) in [6.07, 6.45) is 6.59. The Bertz CT molecular complexity index is 1030. The summed E-state index contributed by atoms with van der Waals surface area (Å²) in [4.78, 5) is 21.0. The summed E-state index contributed by atoms with van der Waals surface area (Å²) in [6.45, 7) is 10.5. The molecule has 1 saturated heterocycles. The average molecular weight is 451 g/mol. The minimum atomic E-state index is -2.28. The van der Waals surface area contributed by atoms with Crippen molar-refractivity contribution >= 4 is 42.7 Å². The maximum absolute atomic E-state index is 12.8. The van der Waals surface area contributed by atoms with E-state index in [9.17, 15) is 4.79 Å². The molecule has 0 bridgehead atoms. The first-order chi connectivity index (χ1) is 13.9. The molecule has 30 heavy (non-hydrogen) atoms. The van der Waals surface area contributed by atoms with E-state index in [1.165, 1.54) is 7.11 Å². The van der Waals surface area contributed by atoms with Crippen LogP contribution >= 0.6 is 11.6 Å². The highest BCUT2D eigenvalue weighted by atomic mass is 35.5. The fourth-order valence-corrected chi connectivity index (χ4v) is 4.80. The lowest BCUT2D eigenvalue weighted by Crippen LogP contribution is -2.54. The van der Waals surface area contributed by atoms with Crippen molar-refractivity contribution in [2.75, 3.05) is 12.8 Å². The average Bonchev–Trinajstić information content (AvgIpc) is 3.21. The molecule has 0 radical (unpaired) electrons. The van der Waals surface area contributed by atoms with E-state index in [2.05, 4.69) is 49.8 Å². The number of carbonyl (C=O) groups excluding carboxylic acids is 1. The molecule has 0 aromatic carbocycles. The van der Waals surface area contributed by atoms with E-state index in [0.29, 0.717) is 17.5 Å². The summed E-state index contributed by atoms with van der Waals surface area (Å²) < 4.78 is 19.5. The van der Waals surface area contributed by atoms with Gasteiger partial charge in [-0.3, -0.25) is 0 Å². The third kappa shape index (κ3) is 3.58. The van der Waals surface area contributed by atoms with E-state index in [-0.39, 0.29) is 16.1 Å². The zero-order valence-electron chi connectivity index (χ0n) is 18.0. The lowest BCUT2D eigenvalue weighted by molar-refractivity contribution is -0.168. The van der Waals surface area contributed by atoms with Crippen molar-refractivity contribution in [1.82, 2.24) is 14.5 Å². The van der Waals surface area contributed by atoms with Gasteiger partial charge in [0, 0.05) is 12.6 Å². The van der Waals surface area contributed by atoms with Gasteiger partial charge >= 0.3 is 5.97 Å². The second-order valence-corrected chi connectivity index (χ2v) is 14.0. The van der Waals surface area contributed by atoms with Crippen LogP contribution < -0.4 is 5.73 Å². The van der Waals surface area contributed by atoms with E-state index in [0.717, 1.165) is 0 Å². The third-order valence-electron chi connectivity index (χ3n) is 6.02. The number of nitrogens with zero attached hydrogens (tertiary/aromatic N) is 3. The van der Waals surface area contributed by atoms with Crippen LogP contribution in [0.1, 0.15) is 33.4 Å². The van der Waals surface area contributed by atoms with Gasteiger partial charge < -0.3 is 24.2 Å². The molecule has 0 unspecified atom stereocenters. The first-order valence-electron chi connectivity index (χ1n) is 9.57. The first-order valence-corrected chi connectivity index (χ1v) is 12.9. The van der Waals surface area contributed by atoms with E-state index >= 15 is 0 Å². The number of methoxy groups -OCH3 is 1. The van der Waals surface area contributed by atoms with Crippen LogP contribution in [0, 0.1) is 12.3 Å². The predicted molar refractivity (Wildman–Crippen MR) is 117 cm³/mol. The second kappa shape index (κ2) is 7.53. The van der Waals surface area contributed by atoms with Gasteiger partial charge in [0.2, 0.25) is 5.28 Å². The summed E-state index contributed by atoms with van der Waals surface area (Å²) in [5.74, 6) is 2.11. The highest BCUT2D eigenvalue weighted by Gasteiger charge is 2.58. The van der Waals surface area contributed by atoms with E-state index < -0.39 is 32.2 Å². The molecule has 0 amide bonds. The lowest BCUT2D eigenvalue weighted by atomic mass is 9.98. The van der Waals surface area contributed by atoms with Crippen molar-refractivity contribution in [1.29, 1.82) is 0 Å². The van der Waals surface area contributed by atoms with Gasteiger partial charge in [0.05, 0.1) is 12.5 Å². The SMILES string of the molecule is C#C[C@@]1(C(=O)OC)O[C@@H](n2ccc3c(N)nc(Cl)nc32)C[C@H]1O[Si](C)(C)C(C)(C)C. The molecule has 8 nitrogen and oxygen atoms in total. The zero-order chi connectivity index (χ0) is 22.5. The number of aromatic nitrogens is 3. The Morgan fingerprint density at radius 1 is 1.47 bits per heavy atom. The molecule has 0 spiro atoms. The van der Waals surface area contributed by atoms with E-state index in [1.54, 1.807) is 16.8 Å². The largest absolute Gasteiger partial charge is 0.466 e. The Labute approximate surface area is 182 Å². The van der Waals surface area contributed by atoms with Crippen molar-refractivity contribution in [3.63, 3.8) is 0 Å². The molecule has 1 aliphatic rings. The maximum atomic E-state index is 12.8. The molecule has 3 atom stereocenters. The predicted octanol–water partition coefficient (Wildman–Crippen LogP) is 3.52. The lowest BCUT2D eigenvalue weighted by Gasteiger charge is -2.40. The number of halogens is 1. The molecular weight excluding hydrogens is 424 g/mol. The number of hydrogen-bond donors (Lipinski definition) is 1. The Hall–Kier alpha value is -2.12. The molecule has 0 aliphatic carbocycles. The Kier molecular flexibility index (Phi) is 5.67. The molecular formula is C20H27ClN4O4Si. The summed E-state index contributed by atoms with van der Waals surface area (Å²) in [7, 11) is -1.00. The number of anilines is 1. The van der Waals surface area contributed by atoms with Crippen molar-refractivity contribution in [3.8, 4) is 12.3 Å². The molecule has 162 valence electrons. The molecule has 1 fully saturated rings. The zero-order valence-corrected chi connectivity index (χ0v) is 19.8. The number of fused-ring (bicyclic) bond motifs is 1. The normalized spacial score (nSPS) is 24.7. The minimum absolute atomic E-state index is 0.0169. The number of ether oxygens (including phenoxy) is 2. The van der Waals surface area contributed by atoms with Gasteiger partial charge in [0.25, 0.3) is 5.60 Å². The minimum Gasteiger partial charge on any atom is -0.466 e. The second-order valence-electron chi connectivity index (χ2n) is 8.88. The van der Waals surface area contributed by atoms with Gasteiger partial charge in [0.15, 0.2) is 8.32 Å². The Morgan fingerprint density at radius 2 is 2.13 bits per heavy atom. The van der Waals surface area contributed by atoms with Gasteiger partial charge in [-0.15, -0.1) is 6.42 Å². The van der Waals surface area contributed by atoms with Crippen molar-refractivity contribution < 1.29 is 18.7 Å². The van der Waals surface area contributed by atoms with Gasteiger partial charge in [-0.05, 0) is 35.8 Å². The molecule has 2 aromatic heterocycles. The van der Waals surface area contributed by atoms with E-state index in [1.807, 2.05) is 0 Å². The topological polar surface area (TPSA) is 101 Å². The van der Waals surface area contributed by atoms with Crippen molar-refractivity contribution in [3.05, 3.63) is 17.5 Å². The monoisotopic (exact) mass is 450 g/mol. The van der Waals surface area contributed by atoms with E-state index in [4.69, 9.17) is 37.7 Å². The fraction of sp³-hybridized carbons (Fsp3) is 0.550.